The van der Waals surface area contributed by atoms with E-state index in [9.17, 15) is 4.79 Å². The lowest BCUT2D eigenvalue weighted by Crippen LogP contribution is -2.57. The first-order valence-electron chi connectivity index (χ1n) is 5.22. The first-order valence-corrected chi connectivity index (χ1v) is 5.22. The van der Waals surface area contributed by atoms with Crippen LogP contribution in [0.25, 0.3) is 0 Å². The Morgan fingerprint density at radius 1 is 1.62 bits per heavy atom. The molecule has 13 heavy (non-hydrogen) atoms. The number of rotatable bonds is 4. The molecule has 2 atom stereocenters. The van der Waals surface area contributed by atoms with E-state index < -0.39 is 5.54 Å². The van der Waals surface area contributed by atoms with Crippen LogP contribution < -0.4 is 11.1 Å². The lowest BCUT2D eigenvalue weighted by Gasteiger charge is -2.32. The average Bonchev–Trinajstić information content (AvgIpc) is 2.49. The van der Waals surface area contributed by atoms with Crippen LogP contribution in [0.4, 0.5) is 0 Å². The Labute approximate surface area is 80.1 Å². The molecule has 0 radical (unpaired) electrons. The molecule has 1 aliphatic rings. The average molecular weight is 184 g/mol. The van der Waals surface area contributed by atoms with Gasteiger partial charge in [0.2, 0.25) is 5.91 Å². The van der Waals surface area contributed by atoms with Gasteiger partial charge in [-0.15, -0.1) is 0 Å². The summed E-state index contributed by atoms with van der Waals surface area (Å²) in [6, 6.07) is 0. The molecule has 76 valence electrons. The van der Waals surface area contributed by atoms with Crippen molar-refractivity contribution in [3.05, 3.63) is 0 Å². The topological polar surface area (TPSA) is 55.1 Å². The molecule has 0 aromatic heterocycles. The van der Waals surface area contributed by atoms with E-state index in [4.69, 9.17) is 5.73 Å². The molecule has 0 saturated heterocycles. The van der Waals surface area contributed by atoms with E-state index in [0.717, 1.165) is 32.2 Å². The second-order valence-corrected chi connectivity index (χ2v) is 3.86. The molecule has 0 aliphatic heterocycles. The van der Waals surface area contributed by atoms with Crippen LogP contribution in [0.2, 0.25) is 0 Å². The van der Waals surface area contributed by atoms with Gasteiger partial charge in [-0.2, -0.15) is 0 Å². The summed E-state index contributed by atoms with van der Waals surface area (Å²) >= 11 is 0. The van der Waals surface area contributed by atoms with Crippen LogP contribution in [0.5, 0.6) is 0 Å². The van der Waals surface area contributed by atoms with Gasteiger partial charge in [-0.1, -0.05) is 26.7 Å². The van der Waals surface area contributed by atoms with Crippen LogP contribution >= 0.6 is 0 Å². The maximum atomic E-state index is 11.4. The monoisotopic (exact) mass is 184 g/mol. The number of primary amides is 1. The summed E-state index contributed by atoms with van der Waals surface area (Å²) in [5.74, 6) is 0.267. The zero-order valence-electron chi connectivity index (χ0n) is 8.60. The standard InChI is InChI=1S/C10H20N2O/c1-3-8-6-5-7-10(8,9(11)13)12-4-2/h8,12H,3-7H2,1-2H3,(H2,11,13). The second-order valence-electron chi connectivity index (χ2n) is 3.86. The smallest absolute Gasteiger partial charge is 0.238 e. The summed E-state index contributed by atoms with van der Waals surface area (Å²) < 4.78 is 0. The summed E-state index contributed by atoms with van der Waals surface area (Å²) in [5.41, 5.74) is 5.08. The van der Waals surface area contributed by atoms with Gasteiger partial charge < -0.3 is 11.1 Å². The zero-order valence-corrected chi connectivity index (χ0v) is 8.60. The molecule has 3 nitrogen and oxygen atoms in total. The fourth-order valence-electron chi connectivity index (χ4n) is 2.59. The largest absolute Gasteiger partial charge is 0.368 e. The van der Waals surface area contributed by atoms with Crippen molar-refractivity contribution in [3.63, 3.8) is 0 Å². The van der Waals surface area contributed by atoms with Gasteiger partial charge >= 0.3 is 0 Å². The molecule has 0 aromatic rings. The zero-order chi connectivity index (χ0) is 9.90. The van der Waals surface area contributed by atoms with Crippen molar-refractivity contribution >= 4 is 5.91 Å². The Morgan fingerprint density at radius 2 is 2.31 bits per heavy atom. The molecule has 1 rings (SSSR count). The molecule has 0 spiro atoms. The minimum atomic E-state index is -0.399. The number of carbonyl (C=O) groups excluding carboxylic acids is 1. The van der Waals surface area contributed by atoms with Crippen LogP contribution in [-0.2, 0) is 4.79 Å². The molecule has 1 amide bonds. The number of nitrogens with one attached hydrogen (secondary N) is 1. The second kappa shape index (κ2) is 4.09. The molecule has 0 bridgehead atoms. The third-order valence-electron chi connectivity index (χ3n) is 3.25. The lowest BCUT2D eigenvalue weighted by atomic mass is 9.84. The van der Waals surface area contributed by atoms with Crippen molar-refractivity contribution < 1.29 is 4.79 Å². The van der Waals surface area contributed by atoms with Gasteiger partial charge in [0.05, 0.1) is 0 Å². The van der Waals surface area contributed by atoms with Gasteiger partial charge in [-0.25, -0.2) is 0 Å². The number of carbonyl (C=O) groups is 1. The van der Waals surface area contributed by atoms with Crippen LogP contribution in [0.3, 0.4) is 0 Å². The third kappa shape index (κ3) is 1.70. The van der Waals surface area contributed by atoms with E-state index in [0.29, 0.717) is 5.92 Å². The van der Waals surface area contributed by atoms with E-state index >= 15 is 0 Å². The fraction of sp³-hybridized carbons (Fsp3) is 0.900. The number of hydrogen-bond donors (Lipinski definition) is 2. The maximum Gasteiger partial charge on any atom is 0.238 e. The van der Waals surface area contributed by atoms with Crippen LogP contribution in [0.15, 0.2) is 0 Å². The van der Waals surface area contributed by atoms with Crippen molar-refractivity contribution in [3.8, 4) is 0 Å². The molecule has 1 fully saturated rings. The Morgan fingerprint density at radius 3 is 2.77 bits per heavy atom. The summed E-state index contributed by atoms with van der Waals surface area (Å²) in [7, 11) is 0. The number of hydrogen-bond acceptors (Lipinski definition) is 2. The predicted octanol–water partition coefficient (Wildman–Crippen LogP) is 1.03. The molecular formula is C10H20N2O. The van der Waals surface area contributed by atoms with Crippen LogP contribution in [0, 0.1) is 5.92 Å². The Balaban J connectivity index is 2.81. The highest BCUT2D eigenvalue weighted by Crippen LogP contribution is 2.37. The van der Waals surface area contributed by atoms with Gasteiger partial charge in [0.25, 0.3) is 0 Å². The number of nitrogens with two attached hydrogens (primary N) is 1. The highest BCUT2D eigenvalue weighted by molar-refractivity contribution is 5.85. The van der Waals surface area contributed by atoms with Gasteiger partial charge in [-0.05, 0) is 25.3 Å². The normalized spacial score (nSPS) is 33.5. The molecular weight excluding hydrogens is 164 g/mol. The van der Waals surface area contributed by atoms with E-state index in [1.165, 1.54) is 0 Å². The van der Waals surface area contributed by atoms with Crippen LogP contribution in [-0.4, -0.2) is 18.0 Å². The highest BCUT2D eigenvalue weighted by Gasteiger charge is 2.45. The van der Waals surface area contributed by atoms with E-state index in [1.54, 1.807) is 0 Å². The number of amides is 1. The molecule has 0 aromatic carbocycles. The SMILES string of the molecule is CCNC1(C(N)=O)CCCC1CC. The van der Waals surface area contributed by atoms with E-state index in [-0.39, 0.29) is 5.91 Å². The lowest BCUT2D eigenvalue weighted by molar-refractivity contribution is -0.125. The van der Waals surface area contributed by atoms with Gasteiger partial charge in [-0.3, -0.25) is 4.79 Å². The van der Waals surface area contributed by atoms with Crippen molar-refractivity contribution in [2.75, 3.05) is 6.54 Å². The Hall–Kier alpha value is -0.570. The molecule has 1 aliphatic carbocycles. The third-order valence-corrected chi connectivity index (χ3v) is 3.25. The number of likely N-dealkylation sites (N-methyl/N-ethyl adjacent to an activating group) is 1. The van der Waals surface area contributed by atoms with Crippen molar-refractivity contribution in [2.24, 2.45) is 11.7 Å². The van der Waals surface area contributed by atoms with Crippen molar-refractivity contribution in [2.45, 2.75) is 45.1 Å². The first-order chi connectivity index (χ1) is 6.17. The minimum Gasteiger partial charge on any atom is -0.368 e. The molecule has 2 unspecified atom stereocenters. The maximum absolute atomic E-state index is 11.4. The van der Waals surface area contributed by atoms with Gasteiger partial charge in [0, 0.05) is 0 Å². The van der Waals surface area contributed by atoms with Crippen molar-refractivity contribution in [1.29, 1.82) is 0 Å². The van der Waals surface area contributed by atoms with Crippen molar-refractivity contribution in [1.82, 2.24) is 5.32 Å². The predicted molar refractivity (Wildman–Crippen MR) is 53.2 cm³/mol. The minimum absolute atomic E-state index is 0.168. The van der Waals surface area contributed by atoms with E-state index in [1.807, 2.05) is 6.92 Å². The Bertz CT molecular complexity index is 193. The molecule has 0 heterocycles. The van der Waals surface area contributed by atoms with Crippen LogP contribution in [0.1, 0.15) is 39.5 Å². The molecule has 1 saturated carbocycles. The highest BCUT2D eigenvalue weighted by atomic mass is 16.1. The molecule has 3 heteroatoms. The quantitative estimate of drug-likeness (QED) is 0.685. The summed E-state index contributed by atoms with van der Waals surface area (Å²) in [6.45, 7) is 4.97. The summed E-state index contributed by atoms with van der Waals surface area (Å²) in [5, 5.41) is 3.28. The van der Waals surface area contributed by atoms with Gasteiger partial charge in [0.1, 0.15) is 5.54 Å². The van der Waals surface area contributed by atoms with E-state index in [2.05, 4.69) is 12.2 Å². The summed E-state index contributed by atoms with van der Waals surface area (Å²) in [4.78, 5) is 11.4. The van der Waals surface area contributed by atoms with Gasteiger partial charge in [0.15, 0.2) is 0 Å². The molecule has 3 N–H and O–H groups in total. The fourth-order valence-corrected chi connectivity index (χ4v) is 2.59. The summed E-state index contributed by atoms with van der Waals surface area (Å²) in [6.07, 6.45) is 4.20. The first kappa shape index (κ1) is 10.5. The Kier molecular flexibility index (Phi) is 3.31.